The molecule has 2 aliphatic heterocycles. The molecule has 1 N–H and O–H groups in total. The van der Waals surface area contributed by atoms with Gasteiger partial charge in [0.1, 0.15) is 18.6 Å². The van der Waals surface area contributed by atoms with Gasteiger partial charge < -0.3 is 19.4 Å². The number of hydrogen-bond donors (Lipinski definition) is 1. The Hall–Kier alpha value is -3.20. The minimum absolute atomic E-state index is 0.0384. The lowest BCUT2D eigenvalue weighted by atomic mass is 10.0. The summed E-state index contributed by atoms with van der Waals surface area (Å²) in [5, 5.41) is 2.89. The maximum absolute atomic E-state index is 12.5. The van der Waals surface area contributed by atoms with Crippen LogP contribution in [0.3, 0.4) is 0 Å². The molecule has 1 atom stereocenters. The molecular weight excluding hydrogens is 424 g/mol. The Morgan fingerprint density at radius 2 is 2.12 bits per heavy atom. The fraction of sp³-hybridized carbons (Fsp3) is 0.500. The molecule has 1 fully saturated rings. The number of Topliss-reactive ketones (excluding diaryl/α,β-unsaturated/α-hetero) is 1. The number of anilines is 1. The van der Waals surface area contributed by atoms with Gasteiger partial charge >= 0.3 is 0 Å². The van der Waals surface area contributed by atoms with Crippen molar-refractivity contribution in [1.82, 2.24) is 15.2 Å². The number of nitrogens with one attached hydrogen (secondary N) is 1. The van der Waals surface area contributed by atoms with Crippen LogP contribution in [0.15, 0.2) is 28.9 Å². The highest BCUT2D eigenvalue weighted by Crippen LogP contribution is 2.34. The van der Waals surface area contributed by atoms with Crippen molar-refractivity contribution in [2.24, 2.45) is 0 Å². The van der Waals surface area contributed by atoms with Crippen LogP contribution in [0.1, 0.15) is 66.3 Å². The van der Waals surface area contributed by atoms with Crippen LogP contribution in [-0.2, 0) is 11.3 Å². The minimum Gasteiger partial charge on any atom is -0.482 e. The Morgan fingerprint density at radius 3 is 2.91 bits per heavy atom. The second-order valence-corrected chi connectivity index (χ2v) is 8.62. The zero-order valence-corrected chi connectivity index (χ0v) is 19.1. The van der Waals surface area contributed by atoms with E-state index in [9.17, 15) is 14.4 Å². The molecule has 33 heavy (non-hydrogen) atoms. The standard InChI is InChI=1S/C24H30N4O5/c1-16-6-3-4-10-27(16)11-5-9-25-24(31)19-14-33-22(26-19)13-28-20-12-18(17(2)29)7-8-21(20)32-15-23(28)30/h7-8,12,14,16H,3-6,9-11,13,15H2,1-2H3,(H,25,31). The van der Waals surface area contributed by atoms with E-state index in [0.717, 1.165) is 19.5 Å². The van der Waals surface area contributed by atoms with E-state index < -0.39 is 0 Å². The van der Waals surface area contributed by atoms with Crippen molar-refractivity contribution < 1.29 is 23.5 Å². The molecule has 0 bridgehead atoms. The number of carbonyl (C=O) groups excluding carboxylic acids is 3. The van der Waals surface area contributed by atoms with Crippen LogP contribution in [0.25, 0.3) is 0 Å². The zero-order chi connectivity index (χ0) is 23.4. The number of hydrogen-bond acceptors (Lipinski definition) is 7. The second-order valence-electron chi connectivity index (χ2n) is 8.62. The number of rotatable bonds is 8. The number of piperidine rings is 1. The van der Waals surface area contributed by atoms with Crippen LogP contribution < -0.4 is 15.0 Å². The molecule has 1 unspecified atom stereocenters. The van der Waals surface area contributed by atoms with E-state index in [2.05, 4.69) is 22.1 Å². The molecule has 9 nitrogen and oxygen atoms in total. The van der Waals surface area contributed by atoms with Crippen molar-refractivity contribution in [3.8, 4) is 5.75 Å². The maximum atomic E-state index is 12.5. The van der Waals surface area contributed by atoms with Crippen LogP contribution in [0.4, 0.5) is 5.69 Å². The van der Waals surface area contributed by atoms with Crippen LogP contribution >= 0.6 is 0 Å². The predicted octanol–water partition coefficient (Wildman–Crippen LogP) is 2.80. The SMILES string of the molecule is CC(=O)c1ccc2c(c1)N(Cc1nc(C(=O)NCCCN3CCCCC3C)co1)C(=O)CO2. The third-order valence-electron chi connectivity index (χ3n) is 6.23. The van der Waals surface area contributed by atoms with E-state index in [1.54, 1.807) is 18.2 Å². The van der Waals surface area contributed by atoms with Crippen LogP contribution in [0.5, 0.6) is 5.75 Å². The topological polar surface area (TPSA) is 105 Å². The molecule has 1 saturated heterocycles. The number of ether oxygens (including phenoxy) is 1. The third-order valence-corrected chi connectivity index (χ3v) is 6.23. The lowest BCUT2D eigenvalue weighted by molar-refractivity contribution is -0.121. The summed E-state index contributed by atoms with van der Waals surface area (Å²) in [6, 6.07) is 5.56. The molecule has 2 amide bonds. The van der Waals surface area contributed by atoms with E-state index in [4.69, 9.17) is 9.15 Å². The Kier molecular flexibility index (Phi) is 7.08. The number of aromatic nitrogens is 1. The van der Waals surface area contributed by atoms with Gasteiger partial charge in [0.05, 0.1) is 5.69 Å². The van der Waals surface area contributed by atoms with Crippen molar-refractivity contribution in [2.45, 2.75) is 52.1 Å². The predicted molar refractivity (Wildman–Crippen MR) is 121 cm³/mol. The Balaban J connectivity index is 1.34. The average Bonchev–Trinajstić information content (AvgIpc) is 3.28. The number of benzene rings is 1. The van der Waals surface area contributed by atoms with E-state index in [0.29, 0.717) is 29.6 Å². The van der Waals surface area contributed by atoms with E-state index in [1.807, 2.05) is 0 Å². The number of nitrogens with zero attached hydrogens (tertiary/aromatic N) is 3. The normalized spacial score (nSPS) is 18.5. The Bertz CT molecular complexity index is 1030. The molecule has 176 valence electrons. The van der Waals surface area contributed by atoms with Crippen LogP contribution in [0, 0.1) is 0 Å². The van der Waals surface area contributed by atoms with E-state index in [-0.39, 0.29) is 42.3 Å². The smallest absolute Gasteiger partial charge is 0.273 e. The second kappa shape index (κ2) is 10.2. The van der Waals surface area contributed by atoms with E-state index in [1.165, 1.54) is 37.3 Å². The number of fused-ring (bicyclic) bond motifs is 1. The van der Waals surface area contributed by atoms with Crippen molar-refractivity contribution in [3.05, 3.63) is 41.6 Å². The molecule has 1 aromatic heterocycles. The number of likely N-dealkylation sites (tertiary alicyclic amines) is 1. The zero-order valence-electron chi connectivity index (χ0n) is 19.1. The van der Waals surface area contributed by atoms with Gasteiger partial charge in [0.15, 0.2) is 18.1 Å². The largest absolute Gasteiger partial charge is 0.482 e. The van der Waals surface area contributed by atoms with Crippen molar-refractivity contribution in [1.29, 1.82) is 0 Å². The summed E-state index contributed by atoms with van der Waals surface area (Å²) >= 11 is 0. The van der Waals surface area contributed by atoms with Gasteiger partial charge in [-0.05, 0) is 57.9 Å². The van der Waals surface area contributed by atoms with E-state index >= 15 is 0 Å². The summed E-state index contributed by atoms with van der Waals surface area (Å²) in [6.45, 7) is 6.29. The van der Waals surface area contributed by atoms with Crippen molar-refractivity contribution in [2.75, 3.05) is 31.1 Å². The molecule has 2 aliphatic rings. The first-order valence-corrected chi connectivity index (χ1v) is 11.5. The molecule has 1 aromatic carbocycles. The quantitative estimate of drug-likeness (QED) is 0.483. The number of carbonyl (C=O) groups is 3. The number of oxazole rings is 1. The maximum Gasteiger partial charge on any atom is 0.273 e. The molecular formula is C24H30N4O5. The first-order chi connectivity index (χ1) is 15.9. The molecule has 2 aromatic rings. The summed E-state index contributed by atoms with van der Waals surface area (Å²) in [7, 11) is 0. The molecule has 0 aliphatic carbocycles. The summed E-state index contributed by atoms with van der Waals surface area (Å²) < 4.78 is 10.9. The first-order valence-electron chi connectivity index (χ1n) is 11.5. The highest BCUT2D eigenvalue weighted by molar-refractivity contribution is 6.01. The molecule has 0 saturated carbocycles. The lowest BCUT2D eigenvalue weighted by Gasteiger charge is -2.33. The molecule has 9 heteroatoms. The highest BCUT2D eigenvalue weighted by Gasteiger charge is 2.28. The summed E-state index contributed by atoms with van der Waals surface area (Å²) in [6.07, 6.45) is 5.95. The van der Waals surface area contributed by atoms with Gasteiger partial charge in [0, 0.05) is 24.7 Å². The van der Waals surface area contributed by atoms with Gasteiger partial charge in [-0.1, -0.05) is 6.42 Å². The van der Waals surface area contributed by atoms with Gasteiger partial charge in [-0.15, -0.1) is 0 Å². The highest BCUT2D eigenvalue weighted by atomic mass is 16.5. The Labute approximate surface area is 193 Å². The van der Waals surface area contributed by atoms with Gasteiger partial charge in [-0.25, -0.2) is 4.98 Å². The fourth-order valence-electron chi connectivity index (χ4n) is 4.28. The van der Waals surface area contributed by atoms with Gasteiger partial charge in [0.2, 0.25) is 5.89 Å². The minimum atomic E-state index is -0.302. The summed E-state index contributed by atoms with van der Waals surface area (Å²) in [4.78, 5) is 44.9. The van der Waals surface area contributed by atoms with Gasteiger partial charge in [0.25, 0.3) is 11.8 Å². The molecule has 0 spiro atoms. The number of amides is 2. The summed E-state index contributed by atoms with van der Waals surface area (Å²) in [5.41, 5.74) is 1.13. The van der Waals surface area contributed by atoms with Gasteiger partial charge in [-0.3, -0.25) is 19.3 Å². The first kappa shape index (κ1) is 23.0. The molecule has 4 rings (SSSR count). The van der Waals surface area contributed by atoms with Crippen LogP contribution in [0.2, 0.25) is 0 Å². The lowest BCUT2D eigenvalue weighted by Crippen LogP contribution is -2.39. The van der Waals surface area contributed by atoms with Gasteiger partial charge in [-0.2, -0.15) is 0 Å². The van der Waals surface area contributed by atoms with Crippen molar-refractivity contribution in [3.63, 3.8) is 0 Å². The molecule has 3 heterocycles. The van der Waals surface area contributed by atoms with Crippen LogP contribution in [-0.4, -0.2) is 59.8 Å². The summed E-state index contributed by atoms with van der Waals surface area (Å²) in [5.74, 6) is 0.0491. The fourth-order valence-corrected chi connectivity index (χ4v) is 4.28. The third kappa shape index (κ3) is 5.42. The Morgan fingerprint density at radius 1 is 1.27 bits per heavy atom. The van der Waals surface area contributed by atoms with Crippen molar-refractivity contribution >= 4 is 23.3 Å². The average molecular weight is 455 g/mol. The number of ketones is 1. The monoisotopic (exact) mass is 454 g/mol. The molecule has 0 radical (unpaired) electrons.